The van der Waals surface area contributed by atoms with Gasteiger partial charge in [-0.15, -0.1) is 0 Å². The van der Waals surface area contributed by atoms with Gasteiger partial charge in [-0.2, -0.15) is 0 Å². The summed E-state index contributed by atoms with van der Waals surface area (Å²) in [7, 11) is 1.89. The van der Waals surface area contributed by atoms with Crippen molar-refractivity contribution in [2.75, 3.05) is 5.32 Å². The molecule has 2 atom stereocenters. The number of hydrogen-bond donors (Lipinski definition) is 2. The minimum Gasteiger partial charge on any atom is -0.481 e. The van der Waals surface area contributed by atoms with Gasteiger partial charge in [0.15, 0.2) is 0 Å². The Labute approximate surface area is 133 Å². The first-order valence-corrected chi connectivity index (χ1v) is 7.29. The molecule has 1 aliphatic carbocycles. The van der Waals surface area contributed by atoms with Gasteiger partial charge in [0.05, 0.1) is 17.8 Å². The predicted molar refractivity (Wildman–Crippen MR) is 87.8 cm³/mol. The molecule has 6 nitrogen and oxygen atoms in total. The van der Waals surface area contributed by atoms with Crippen LogP contribution in [0.5, 0.6) is 0 Å². The van der Waals surface area contributed by atoms with Crippen molar-refractivity contribution < 1.29 is 14.7 Å². The number of aryl methyl sites for hydroxylation is 1. The highest BCUT2D eigenvalue weighted by Gasteiger charge is 2.41. The first kappa shape index (κ1) is 15.0. The lowest BCUT2D eigenvalue weighted by Gasteiger charge is -2.02. The van der Waals surface area contributed by atoms with E-state index in [9.17, 15) is 9.59 Å². The zero-order valence-electron chi connectivity index (χ0n) is 12.7. The van der Waals surface area contributed by atoms with Crippen molar-refractivity contribution in [1.29, 1.82) is 0 Å². The van der Waals surface area contributed by atoms with Crippen molar-refractivity contribution in [1.82, 2.24) is 9.55 Å². The molecule has 23 heavy (non-hydrogen) atoms. The number of aliphatic carboxylic acids is 1. The Morgan fingerprint density at radius 1 is 1.52 bits per heavy atom. The SMILES string of the molecule is C=CC(=O)Nc1cnc2c(c1)c(/C=C/C1CC1C(=O)O)cn2C. The predicted octanol–water partition coefficient (Wildman–Crippen LogP) is 2.43. The molecule has 2 N–H and O–H groups in total. The molecule has 2 aromatic rings. The van der Waals surface area contributed by atoms with E-state index in [0.717, 1.165) is 16.6 Å². The molecule has 1 aliphatic rings. The van der Waals surface area contributed by atoms with Gasteiger partial charge in [0.2, 0.25) is 5.91 Å². The third-order valence-corrected chi connectivity index (χ3v) is 3.98. The standard InChI is InChI=1S/C17H17N3O3/c1-3-15(21)19-12-7-13-11(9-20(2)16(13)18-8-12)5-4-10-6-14(10)17(22)23/h3-5,7-10,14H,1,6H2,2H3,(H,19,21)(H,22,23)/b5-4+. The third kappa shape index (κ3) is 3.01. The van der Waals surface area contributed by atoms with E-state index in [-0.39, 0.29) is 17.7 Å². The molecule has 2 unspecified atom stereocenters. The quantitative estimate of drug-likeness (QED) is 0.831. The lowest BCUT2D eigenvalue weighted by atomic mass is 10.1. The summed E-state index contributed by atoms with van der Waals surface area (Å²) in [4.78, 5) is 26.6. The maximum Gasteiger partial charge on any atom is 0.307 e. The van der Waals surface area contributed by atoms with Crippen LogP contribution in [0.15, 0.2) is 37.2 Å². The largest absolute Gasteiger partial charge is 0.481 e. The van der Waals surface area contributed by atoms with Crippen LogP contribution in [0.2, 0.25) is 0 Å². The highest BCUT2D eigenvalue weighted by atomic mass is 16.4. The van der Waals surface area contributed by atoms with Crippen LogP contribution in [0.4, 0.5) is 5.69 Å². The number of pyridine rings is 1. The van der Waals surface area contributed by atoms with E-state index in [0.29, 0.717) is 12.1 Å². The Balaban J connectivity index is 1.89. The minimum absolute atomic E-state index is 0.0966. The molecule has 2 aromatic heterocycles. The molecule has 6 heteroatoms. The zero-order valence-corrected chi connectivity index (χ0v) is 12.7. The highest BCUT2D eigenvalue weighted by molar-refractivity contribution is 6.00. The number of amides is 1. The number of allylic oxidation sites excluding steroid dienone is 1. The number of carbonyl (C=O) groups is 2. The number of hydrogen-bond acceptors (Lipinski definition) is 3. The Hall–Kier alpha value is -2.89. The Bertz CT molecular complexity index is 835. The van der Waals surface area contributed by atoms with Gasteiger partial charge in [-0.05, 0) is 24.5 Å². The van der Waals surface area contributed by atoms with E-state index < -0.39 is 5.97 Å². The summed E-state index contributed by atoms with van der Waals surface area (Å²) in [6, 6.07) is 1.85. The number of aromatic nitrogens is 2. The second-order valence-electron chi connectivity index (χ2n) is 5.69. The first-order valence-electron chi connectivity index (χ1n) is 7.29. The molecule has 1 fully saturated rings. The summed E-state index contributed by atoms with van der Waals surface area (Å²) in [5.74, 6) is -1.20. The highest BCUT2D eigenvalue weighted by Crippen LogP contribution is 2.40. The van der Waals surface area contributed by atoms with Gasteiger partial charge in [0, 0.05) is 24.2 Å². The van der Waals surface area contributed by atoms with Crippen molar-refractivity contribution >= 4 is 34.7 Å². The van der Waals surface area contributed by atoms with Gasteiger partial charge < -0.3 is 15.0 Å². The number of carbonyl (C=O) groups excluding carboxylic acids is 1. The fourth-order valence-electron chi connectivity index (χ4n) is 2.62. The van der Waals surface area contributed by atoms with Crippen LogP contribution in [0.3, 0.4) is 0 Å². The van der Waals surface area contributed by atoms with E-state index in [4.69, 9.17) is 5.11 Å². The summed E-state index contributed by atoms with van der Waals surface area (Å²) in [5.41, 5.74) is 2.34. The molecule has 118 valence electrons. The summed E-state index contributed by atoms with van der Waals surface area (Å²) in [6.45, 7) is 3.42. The van der Waals surface area contributed by atoms with Crippen LogP contribution >= 0.6 is 0 Å². The van der Waals surface area contributed by atoms with Crippen molar-refractivity contribution in [2.45, 2.75) is 6.42 Å². The maximum atomic E-state index is 11.4. The molecule has 2 heterocycles. The van der Waals surface area contributed by atoms with E-state index in [1.54, 1.807) is 6.20 Å². The minimum atomic E-state index is -0.742. The average molecular weight is 311 g/mol. The van der Waals surface area contributed by atoms with E-state index in [2.05, 4.69) is 16.9 Å². The summed E-state index contributed by atoms with van der Waals surface area (Å²) >= 11 is 0. The van der Waals surface area contributed by atoms with Gasteiger partial charge in [-0.3, -0.25) is 9.59 Å². The van der Waals surface area contributed by atoms with Crippen LogP contribution in [-0.2, 0) is 16.6 Å². The van der Waals surface area contributed by atoms with Crippen molar-refractivity contribution in [3.05, 3.63) is 42.8 Å². The van der Waals surface area contributed by atoms with Crippen molar-refractivity contribution in [3.63, 3.8) is 0 Å². The molecule has 0 bridgehead atoms. The molecule has 0 spiro atoms. The fourth-order valence-corrected chi connectivity index (χ4v) is 2.62. The molecule has 0 saturated heterocycles. The maximum absolute atomic E-state index is 11.4. The number of carboxylic acids is 1. The van der Waals surface area contributed by atoms with Crippen LogP contribution < -0.4 is 5.32 Å². The smallest absolute Gasteiger partial charge is 0.307 e. The number of nitrogens with one attached hydrogen (secondary N) is 1. The van der Waals surface area contributed by atoms with Crippen LogP contribution in [0.1, 0.15) is 12.0 Å². The molecule has 0 radical (unpaired) electrons. The summed E-state index contributed by atoms with van der Waals surface area (Å²) in [5, 5.41) is 12.5. The van der Waals surface area contributed by atoms with Crippen LogP contribution in [0.25, 0.3) is 17.1 Å². The van der Waals surface area contributed by atoms with Gasteiger partial charge in [-0.25, -0.2) is 4.98 Å². The molecular weight excluding hydrogens is 294 g/mol. The third-order valence-electron chi connectivity index (χ3n) is 3.98. The first-order chi connectivity index (χ1) is 11.0. The molecule has 0 aliphatic heterocycles. The number of rotatable bonds is 5. The van der Waals surface area contributed by atoms with E-state index in [1.807, 2.05) is 36.0 Å². The molecular formula is C17H17N3O3. The summed E-state index contributed by atoms with van der Waals surface area (Å²) < 4.78 is 1.90. The summed E-state index contributed by atoms with van der Waals surface area (Å²) in [6.07, 6.45) is 9.29. The number of carboxylic acid groups (broad SMARTS) is 1. The van der Waals surface area contributed by atoms with Gasteiger partial charge in [0.1, 0.15) is 5.65 Å². The number of anilines is 1. The van der Waals surface area contributed by atoms with Crippen LogP contribution in [-0.4, -0.2) is 26.5 Å². The Kier molecular flexibility index (Phi) is 3.73. The Morgan fingerprint density at radius 2 is 2.30 bits per heavy atom. The Morgan fingerprint density at radius 3 is 2.96 bits per heavy atom. The number of nitrogens with zero attached hydrogens (tertiary/aromatic N) is 2. The number of fused-ring (bicyclic) bond motifs is 1. The van der Waals surface area contributed by atoms with Crippen molar-refractivity contribution in [3.8, 4) is 0 Å². The second kappa shape index (κ2) is 5.72. The normalized spacial score (nSPS) is 19.9. The van der Waals surface area contributed by atoms with Gasteiger partial charge in [0.25, 0.3) is 0 Å². The van der Waals surface area contributed by atoms with Crippen molar-refractivity contribution in [2.24, 2.45) is 18.9 Å². The lowest BCUT2D eigenvalue weighted by Crippen LogP contribution is -2.07. The van der Waals surface area contributed by atoms with E-state index >= 15 is 0 Å². The van der Waals surface area contributed by atoms with E-state index in [1.165, 1.54) is 6.08 Å². The zero-order chi connectivity index (χ0) is 16.6. The topological polar surface area (TPSA) is 84.2 Å². The average Bonchev–Trinajstić information content (AvgIpc) is 3.24. The molecule has 1 amide bonds. The second-order valence-corrected chi connectivity index (χ2v) is 5.69. The molecule has 0 aromatic carbocycles. The molecule has 1 saturated carbocycles. The lowest BCUT2D eigenvalue weighted by molar-refractivity contribution is -0.138. The fraction of sp³-hybridized carbons (Fsp3) is 0.235. The van der Waals surface area contributed by atoms with Crippen LogP contribution in [0, 0.1) is 11.8 Å². The molecule has 3 rings (SSSR count). The van der Waals surface area contributed by atoms with Gasteiger partial charge >= 0.3 is 5.97 Å². The monoisotopic (exact) mass is 311 g/mol. The van der Waals surface area contributed by atoms with Gasteiger partial charge in [-0.1, -0.05) is 18.7 Å².